The van der Waals surface area contributed by atoms with E-state index in [0.29, 0.717) is 31.9 Å². The Morgan fingerprint density at radius 1 is 0.974 bits per heavy atom. The van der Waals surface area contributed by atoms with E-state index < -0.39 is 0 Å². The zero-order valence-electron chi connectivity index (χ0n) is 23.2. The van der Waals surface area contributed by atoms with Crippen LogP contribution in [0.2, 0.25) is 0 Å². The number of esters is 1. The monoisotopic (exact) mass is 534 g/mol. The molecule has 0 aromatic heterocycles. The Morgan fingerprint density at radius 2 is 1.74 bits per heavy atom. The van der Waals surface area contributed by atoms with Gasteiger partial charge < -0.3 is 14.8 Å². The topological polar surface area (TPSA) is 83.5 Å². The molecule has 0 radical (unpaired) electrons. The van der Waals surface area contributed by atoms with Crippen LogP contribution in [0.5, 0.6) is 0 Å². The summed E-state index contributed by atoms with van der Waals surface area (Å²) in [7, 11) is 0. The first-order valence-corrected chi connectivity index (χ1v) is 14.4. The number of nitrogens with one attached hydrogen (secondary N) is 1. The van der Waals surface area contributed by atoms with Crippen molar-refractivity contribution in [2.24, 2.45) is 5.10 Å². The number of morpholine rings is 1. The molecule has 0 saturated carbocycles. The molecule has 0 atom stereocenters. The molecule has 2 aliphatic rings. The standard InChI is InChI=1S/C31H42N4O4/c1-2-3-4-5-6-7-18-39-30(36)24-34-15-14-26-10-11-27(21-28(26)23-34)31(37)33-29-12-8-25(9-13-29)22-32-35-16-19-38-20-17-35/h8-13,21-22H,2-7,14-20,23-24H2,1H3,(H,33,37)/b32-22+. The van der Waals surface area contributed by atoms with E-state index in [0.717, 1.165) is 55.7 Å². The van der Waals surface area contributed by atoms with E-state index in [1.54, 1.807) is 0 Å². The maximum absolute atomic E-state index is 13.0. The van der Waals surface area contributed by atoms with Gasteiger partial charge in [-0.15, -0.1) is 0 Å². The minimum atomic E-state index is -0.167. The van der Waals surface area contributed by atoms with Gasteiger partial charge in [0.25, 0.3) is 5.91 Å². The first-order valence-electron chi connectivity index (χ1n) is 14.4. The summed E-state index contributed by atoms with van der Waals surface area (Å²) in [5.41, 5.74) is 4.63. The molecule has 1 amide bonds. The third kappa shape index (κ3) is 9.48. The number of fused-ring (bicyclic) bond motifs is 1. The Morgan fingerprint density at radius 3 is 2.54 bits per heavy atom. The van der Waals surface area contributed by atoms with Gasteiger partial charge in [0, 0.05) is 24.3 Å². The van der Waals surface area contributed by atoms with Crippen LogP contribution in [0, 0.1) is 0 Å². The van der Waals surface area contributed by atoms with Gasteiger partial charge in [-0.3, -0.25) is 19.5 Å². The second-order valence-electron chi connectivity index (χ2n) is 10.3. The summed E-state index contributed by atoms with van der Waals surface area (Å²) in [5.74, 6) is -0.317. The normalized spacial score (nSPS) is 15.8. The molecule has 39 heavy (non-hydrogen) atoms. The summed E-state index contributed by atoms with van der Waals surface area (Å²) in [5, 5.41) is 9.48. The van der Waals surface area contributed by atoms with Crippen LogP contribution in [0.1, 0.15) is 72.5 Å². The summed E-state index contributed by atoms with van der Waals surface area (Å²) in [4.78, 5) is 27.4. The number of anilines is 1. The van der Waals surface area contributed by atoms with Gasteiger partial charge in [0.15, 0.2) is 0 Å². The van der Waals surface area contributed by atoms with Crippen LogP contribution >= 0.6 is 0 Å². The predicted molar refractivity (Wildman–Crippen MR) is 154 cm³/mol. The fraction of sp³-hybridized carbons (Fsp3) is 0.516. The molecule has 2 aromatic rings. The average Bonchev–Trinajstić information content (AvgIpc) is 2.96. The molecule has 8 heteroatoms. The number of nitrogens with zero attached hydrogens (tertiary/aromatic N) is 3. The van der Waals surface area contributed by atoms with Gasteiger partial charge >= 0.3 is 5.97 Å². The van der Waals surface area contributed by atoms with Gasteiger partial charge in [0.1, 0.15) is 0 Å². The highest BCUT2D eigenvalue weighted by atomic mass is 16.5. The summed E-state index contributed by atoms with van der Waals surface area (Å²) < 4.78 is 10.8. The number of unbranched alkanes of at least 4 members (excludes halogenated alkanes) is 5. The average molecular weight is 535 g/mol. The molecular formula is C31H42N4O4. The number of ether oxygens (including phenoxy) is 2. The lowest BCUT2D eigenvalue weighted by molar-refractivity contribution is -0.145. The van der Waals surface area contributed by atoms with Crippen LogP contribution < -0.4 is 5.32 Å². The summed E-state index contributed by atoms with van der Waals surface area (Å²) in [6.45, 7) is 7.45. The molecule has 2 aromatic carbocycles. The second-order valence-corrected chi connectivity index (χ2v) is 10.3. The largest absolute Gasteiger partial charge is 0.465 e. The van der Waals surface area contributed by atoms with Crippen molar-refractivity contribution in [1.29, 1.82) is 0 Å². The summed E-state index contributed by atoms with van der Waals surface area (Å²) in [6, 6.07) is 13.5. The van der Waals surface area contributed by atoms with Crippen LogP contribution in [0.25, 0.3) is 0 Å². The third-order valence-corrected chi connectivity index (χ3v) is 7.20. The van der Waals surface area contributed by atoms with Gasteiger partial charge in [-0.2, -0.15) is 5.10 Å². The number of hydrazone groups is 1. The number of hydrogen-bond acceptors (Lipinski definition) is 7. The van der Waals surface area contributed by atoms with E-state index in [4.69, 9.17) is 9.47 Å². The number of benzene rings is 2. The molecule has 4 rings (SSSR count). The Kier molecular flexibility index (Phi) is 11.3. The van der Waals surface area contributed by atoms with Crippen molar-refractivity contribution in [3.63, 3.8) is 0 Å². The van der Waals surface area contributed by atoms with Crippen molar-refractivity contribution in [2.75, 3.05) is 51.3 Å². The number of amides is 1. The van der Waals surface area contributed by atoms with Crippen molar-refractivity contribution in [2.45, 2.75) is 58.4 Å². The molecule has 0 bridgehead atoms. The lowest BCUT2D eigenvalue weighted by Gasteiger charge is -2.28. The van der Waals surface area contributed by atoms with Crippen molar-refractivity contribution in [1.82, 2.24) is 9.91 Å². The van der Waals surface area contributed by atoms with E-state index in [9.17, 15) is 9.59 Å². The predicted octanol–water partition coefficient (Wildman–Crippen LogP) is 4.87. The minimum absolute atomic E-state index is 0.150. The van der Waals surface area contributed by atoms with Gasteiger partial charge in [0.2, 0.25) is 0 Å². The maximum atomic E-state index is 13.0. The Hall–Kier alpha value is -3.23. The van der Waals surface area contributed by atoms with Crippen LogP contribution in [0.15, 0.2) is 47.6 Å². The van der Waals surface area contributed by atoms with E-state index >= 15 is 0 Å². The van der Waals surface area contributed by atoms with E-state index in [1.165, 1.54) is 31.2 Å². The quantitative estimate of drug-likeness (QED) is 0.224. The molecule has 1 N–H and O–H groups in total. The number of carbonyl (C=O) groups is 2. The van der Waals surface area contributed by atoms with E-state index in [-0.39, 0.29) is 18.4 Å². The summed E-state index contributed by atoms with van der Waals surface area (Å²) >= 11 is 0. The zero-order chi connectivity index (χ0) is 27.3. The zero-order valence-corrected chi connectivity index (χ0v) is 23.2. The molecule has 1 fully saturated rings. The number of hydrogen-bond donors (Lipinski definition) is 1. The second kappa shape index (κ2) is 15.4. The van der Waals surface area contributed by atoms with Gasteiger partial charge in [-0.1, -0.05) is 57.2 Å². The van der Waals surface area contributed by atoms with E-state index in [2.05, 4.69) is 22.2 Å². The molecule has 2 aliphatic heterocycles. The van der Waals surface area contributed by atoms with Crippen molar-refractivity contribution in [3.05, 3.63) is 64.7 Å². The molecule has 0 unspecified atom stereocenters. The van der Waals surface area contributed by atoms with Crippen LogP contribution in [0.4, 0.5) is 5.69 Å². The van der Waals surface area contributed by atoms with Crippen molar-refractivity contribution < 1.29 is 19.1 Å². The molecule has 0 spiro atoms. The fourth-order valence-corrected chi connectivity index (χ4v) is 4.86. The molecule has 2 heterocycles. The third-order valence-electron chi connectivity index (χ3n) is 7.20. The van der Waals surface area contributed by atoms with E-state index in [1.807, 2.05) is 53.7 Å². The van der Waals surface area contributed by atoms with Gasteiger partial charge in [0.05, 0.1) is 45.7 Å². The summed E-state index contributed by atoms with van der Waals surface area (Å²) in [6.07, 6.45) is 9.71. The Labute approximate surface area is 232 Å². The Bertz CT molecular complexity index is 1100. The number of carbonyl (C=O) groups excluding carboxylic acids is 2. The molecule has 0 aliphatic carbocycles. The molecule has 210 valence electrons. The molecule has 1 saturated heterocycles. The van der Waals surface area contributed by atoms with Crippen molar-refractivity contribution in [3.8, 4) is 0 Å². The highest BCUT2D eigenvalue weighted by Crippen LogP contribution is 2.21. The first-order chi connectivity index (χ1) is 19.1. The lowest BCUT2D eigenvalue weighted by Crippen LogP contribution is -2.35. The molecule has 8 nitrogen and oxygen atoms in total. The minimum Gasteiger partial charge on any atom is -0.465 e. The van der Waals surface area contributed by atoms with Crippen LogP contribution in [-0.2, 0) is 27.2 Å². The van der Waals surface area contributed by atoms with Gasteiger partial charge in [-0.25, -0.2) is 0 Å². The Balaban J connectivity index is 1.23. The SMILES string of the molecule is CCCCCCCCOC(=O)CN1CCc2ccc(C(=O)Nc3ccc(/C=N/N4CCOCC4)cc3)cc2C1. The number of rotatable bonds is 13. The smallest absolute Gasteiger partial charge is 0.320 e. The molecular weight excluding hydrogens is 492 g/mol. The van der Waals surface area contributed by atoms with Crippen LogP contribution in [0.3, 0.4) is 0 Å². The lowest BCUT2D eigenvalue weighted by atomic mass is 9.97. The highest BCUT2D eigenvalue weighted by Gasteiger charge is 2.20. The highest BCUT2D eigenvalue weighted by molar-refractivity contribution is 6.04. The maximum Gasteiger partial charge on any atom is 0.320 e. The first kappa shape index (κ1) is 28.8. The van der Waals surface area contributed by atoms with Gasteiger partial charge in [-0.05, 0) is 53.8 Å². The fourth-order valence-electron chi connectivity index (χ4n) is 4.86. The van der Waals surface area contributed by atoms with Crippen molar-refractivity contribution >= 4 is 23.8 Å². The van der Waals surface area contributed by atoms with Crippen LogP contribution in [-0.4, -0.2) is 74.0 Å².